The highest BCUT2D eigenvalue weighted by atomic mass is 79.9. The maximum absolute atomic E-state index is 12.4. The number of benzene rings is 2. The zero-order valence-electron chi connectivity index (χ0n) is 10.5. The van der Waals surface area contributed by atoms with Gasteiger partial charge in [-0.25, -0.2) is 8.42 Å². The van der Waals surface area contributed by atoms with Gasteiger partial charge in [0, 0.05) is 16.0 Å². The molecule has 2 aromatic carbocycles. The van der Waals surface area contributed by atoms with Crippen LogP contribution in [0.3, 0.4) is 0 Å². The highest BCUT2D eigenvalue weighted by Crippen LogP contribution is 2.24. The lowest BCUT2D eigenvalue weighted by molar-refractivity contribution is 0.595. The molecule has 3 nitrogen and oxygen atoms in total. The second-order valence-corrected chi connectivity index (χ2v) is 7.66. The average Bonchev–Trinajstić information content (AvgIpc) is 2.41. The van der Waals surface area contributed by atoms with Gasteiger partial charge < -0.3 is 5.73 Å². The van der Waals surface area contributed by atoms with E-state index in [2.05, 4.69) is 15.9 Å². The van der Waals surface area contributed by atoms with Crippen LogP contribution in [0, 0.1) is 0 Å². The fraction of sp³-hybridized carbons (Fsp3) is 0.143. The molecule has 2 aromatic rings. The molecule has 0 saturated carbocycles. The third-order valence-corrected chi connectivity index (χ3v) is 5.36. The Morgan fingerprint density at radius 3 is 2.50 bits per heavy atom. The molecule has 20 heavy (non-hydrogen) atoms. The van der Waals surface area contributed by atoms with Gasteiger partial charge in [0.15, 0.2) is 9.84 Å². The van der Waals surface area contributed by atoms with E-state index in [-0.39, 0.29) is 10.6 Å². The molecule has 0 unspecified atom stereocenters. The zero-order chi connectivity index (χ0) is 14.8. The minimum Gasteiger partial charge on any atom is -0.326 e. The number of sulfone groups is 1. The smallest absolute Gasteiger partial charge is 0.182 e. The van der Waals surface area contributed by atoms with E-state index in [9.17, 15) is 8.42 Å². The van der Waals surface area contributed by atoms with Gasteiger partial charge in [-0.05, 0) is 35.4 Å². The summed E-state index contributed by atoms with van der Waals surface area (Å²) in [5.41, 5.74) is 6.97. The van der Waals surface area contributed by atoms with Crippen molar-refractivity contribution in [3.05, 3.63) is 63.1 Å². The van der Waals surface area contributed by atoms with Crippen LogP contribution in [0.2, 0.25) is 5.02 Å². The van der Waals surface area contributed by atoms with E-state index >= 15 is 0 Å². The van der Waals surface area contributed by atoms with Crippen molar-refractivity contribution < 1.29 is 8.42 Å². The van der Waals surface area contributed by atoms with Gasteiger partial charge in [0.25, 0.3) is 0 Å². The van der Waals surface area contributed by atoms with Crippen molar-refractivity contribution in [1.82, 2.24) is 0 Å². The normalized spacial score (nSPS) is 11.6. The minimum atomic E-state index is -3.42. The van der Waals surface area contributed by atoms with Crippen molar-refractivity contribution in [1.29, 1.82) is 0 Å². The lowest BCUT2D eigenvalue weighted by Gasteiger charge is -2.08. The largest absolute Gasteiger partial charge is 0.326 e. The predicted octanol–water partition coefficient (Wildman–Crippen LogP) is 3.54. The Balaban J connectivity index is 2.33. The lowest BCUT2D eigenvalue weighted by atomic mass is 10.1. The third kappa shape index (κ3) is 3.61. The Labute approximate surface area is 131 Å². The molecule has 6 heteroatoms. The van der Waals surface area contributed by atoms with Crippen molar-refractivity contribution in [3.8, 4) is 0 Å². The van der Waals surface area contributed by atoms with Crippen LogP contribution in [-0.2, 0) is 22.1 Å². The van der Waals surface area contributed by atoms with E-state index in [0.29, 0.717) is 17.1 Å². The van der Waals surface area contributed by atoms with Gasteiger partial charge in [-0.2, -0.15) is 0 Å². The predicted molar refractivity (Wildman–Crippen MR) is 84.4 cm³/mol. The quantitative estimate of drug-likeness (QED) is 0.890. The summed E-state index contributed by atoms with van der Waals surface area (Å²) >= 11 is 9.37. The van der Waals surface area contributed by atoms with E-state index < -0.39 is 9.84 Å². The van der Waals surface area contributed by atoms with Gasteiger partial charge in [0.2, 0.25) is 0 Å². The third-order valence-electron chi connectivity index (χ3n) is 2.85. The molecule has 0 heterocycles. The summed E-state index contributed by atoms with van der Waals surface area (Å²) < 4.78 is 25.4. The average molecular weight is 375 g/mol. The van der Waals surface area contributed by atoms with Crippen LogP contribution in [0.4, 0.5) is 0 Å². The number of nitrogens with two attached hydrogens (primary N) is 1. The van der Waals surface area contributed by atoms with Crippen molar-refractivity contribution >= 4 is 37.4 Å². The van der Waals surface area contributed by atoms with Crippen molar-refractivity contribution in [2.75, 3.05) is 0 Å². The first-order valence-corrected chi connectivity index (χ1v) is 8.70. The first kappa shape index (κ1) is 15.5. The monoisotopic (exact) mass is 373 g/mol. The Hall–Kier alpha value is -0.880. The second kappa shape index (κ2) is 6.26. The summed E-state index contributed by atoms with van der Waals surface area (Å²) in [6, 6.07) is 11.8. The van der Waals surface area contributed by atoms with E-state index in [0.717, 1.165) is 10.0 Å². The van der Waals surface area contributed by atoms with E-state index in [4.69, 9.17) is 17.3 Å². The summed E-state index contributed by atoms with van der Waals surface area (Å²) in [6.45, 7) is 0.373. The first-order chi connectivity index (χ1) is 9.42. The summed E-state index contributed by atoms with van der Waals surface area (Å²) in [7, 11) is -3.42. The Kier molecular flexibility index (Phi) is 4.86. The minimum absolute atomic E-state index is 0.132. The number of rotatable bonds is 4. The lowest BCUT2D eigenvalue weighted by Crippen LogP contribution is -2.06. The van der Waals surface area contributed by atoms with Gasteiger partial charge in [-0.1, -0.05) is 45.7 Å². The molecule has 2 rings (SSSR count). The van der Waals surface area contributed by atoms with Gasteiger partial charge in [-0.3, -0.25) is 0 Å². The molecule has 106 valence electrons. The molecular formula is C14H13BrClNO2S. The molecule has 0 radical (unpaired) electrons. The van der Waals surface area contributed by atoms with Crippen LogP contribution in [0.15, 0.2) is 51.8 Å². The number of halogens is 2. The standard InChI is InChI=1S/C14H13BrClNO2S/c15-12-2-1-3-13(7-12)20(18,19)9-11-5-4-10(8-17)6-14(11)16/h1-7H,8-9,17H2. The zero-order valence-corrected chi connectivity index (χ0v) is 13.7. The Morgan fingerprint density at radius 1 is 1.15 bits per heavy atom. The summed E-state index contributed by atoms with van der Waals surface area (Å²) in [5.74, 6) is -0.132. The van der Waals surface area contributed by atoms with Crippen LogP contribution in [0.1, 0.15) is 11.1 Å². The van der Waals surface area contributed by atoms with Crippen molar-refractivity contribution in [2.45, 2.75) is 17.2 Å². The summed E-state index contributed by atoms with van der Waals surface area (Å²) in [5, 5.41) is 0.423. The molecule has 0 aliphatic rings. The number of hydrogen-bond donors (Lipinski definition) is 1. The first-order valence-electron chi connectivity index (χ1n) is 5.88. The molecule has 0 atom stereocenters. The molecule has 0 spiro atoms. The number of hydrogen-bond acceptors (Lipinski definition) is 3. The molecule has 2 N–H and O–H groups in total. The SMILES string of the molecule is NCc1ccc(CS(=O)(=O)c2cccc(Br)c2)c(Cl)c1. The van der Waals surface area contributed by atoms with Crippen LogP contribution >= 0.6 is 27.5 Å². The molecule has 0 fully saturated rings. The van der Waals surface area contributed by atoms with Crippen molar-refractivity contribution in [2.24, 2.45) is 5.73 Å². The Bertz CT molecular complexity index is 732. The van der Waals surface area contributed by atoms with Crippen LogP contribution in [-0.4, -0.2) is 8.42 Å². The highest BCUT2D eigenvalue weighted by Gasteiger charge is 2.17. The van der Waals surface area contributed by atoms with E-state index in [1.807, 2.05) is 0 Å². The van der Waals surface area contributed by atoms with Crippen LogP contribution in [0.25, 0.3) is 0 Å². The van der Waals surface area contributed by atoms with Crippen LogP contribution < -0.4 is 5.73 Å². The Morgan fingerprint density at radius 2 is 1.90 bits per heavy atom. The van der Waals surface area contributed by atoms with E-state index in [1.54, 1.807) is 42.5 Å². The second-order valence-electron chi connectivity index (χ2n) is 4.35. The molecule has 0 saturated heterocycles. The summed E-state index contributed by atoms with van der Waals surface area (Å²) in [6.07, 6.45) is 0. The highest BCUT2D eigenvalue weighted by molar-refractivity contribution is 9.10. The van der Waals surface area contributed by atoms with Crippen LogP contribution in [0.5, 0.6) is 0 Å². The van der Waals surface area contributed by atoms with Gasteiger partial charge in [0.1, 0.15) is 0 Å². The molecular weight excluding hydrogens is 362 g/mol. The molecule has 0 aromatic heterocycles. The van der Waals surface area contributed by atoms with Gasteiger partial charge >= 0.3 is 0 Å². The van der Waals surface area contributed by atoms with Gasteiger partial charge in [-0.15, -0.1) is 0 Å². The molecule has 0 aliphatic carbocycles. The van der Waals surface area contributed by atoms with Gasteiger partial charge in [0.05, 0.1) is 10.6 Å². The maximum Gasteiger partial charge on any atom is 0.182 e. The van der Waals surface area contributed by atoms with Crippen molar-refractivity contribution in [3.63, 3.8) is 0 Å². The topological polar surface area (TPSA) is 60.2 Å². The summed E-state index contributed by atoms with van der Waals surface area (Å²) in [4.78, 5) is 0.269. The molecule has 0 aliphatic heterocycles. The molecule has 0 amide bonds. The maximum atomic E-state index is 12.4. The molecule has 0 bridgehead atoms. The van der Waals surface area contributed by atoms with E-state index in [1.165, 1.54) is 0 Å². The fourth-order valence-corrected chi connectivity index (χ4v) is 4.10. The fourth-order valence-electron chi connectivity index (χ4n) is 1.78.